The molecule has 1 N–H and O–H groups in total. The first-order valence-corrected chi connectivity index (χ1v) is 7.23. The largest absolute Gasteiger partial charge is 0.353 e. The first-order chi connectivity index (χ1) is 9.63. The van der Waals surface area contributed by atoms with Gasteiger partial charge < -0.3 is 10.2 Å². The van der Waals surface area contributed by atoms with Crippen molar-refractivity contribution in [2.75, 3.05) is 11.4 Å². The minimum atomic E-state index is -0.233. The van der Waals surface area contributed by atoms with Crippen LogP contribution < -0.4 is 10.2 Å². The number of hydrogen-bond donors (Lipinski definition) is 1. The molecule has 1 atom stereocenters. The number of nitrogens with zero attached hydrogens (tertiary/aromatic N) is 3. The molecule has 6 nitrogen and oxygen atoms in total. The van der Waals surface area contributed by atoms with Crippen LogP contribution in [0, 0.1) is 5.92 Å². The van der Waals surface area contributed by atoms with E-state index >= 15 is 0 Å². The summed E-state index contributed by atoms with van der Waals surface area (Å²) in [4.78, 5) is 25.9. The molecular weight excluding hydrogens is 256 g/mol. The molecule has 0 aromatic carbocycles. The number of hydrogen-bond acceptors (Lipinski definition) is 3. The fourth-order valence-corrected chi connectivity index (χ4v) is 3.07. The van der Waals surface area contributed by atoms with E-state index in [1.165, 1.54) is 12.8 Å². The standard InChI is InChI=1S/C14H20N4O2/c1-17-9-12(7-15-17)18-8-10(6-13(18)19)14(20)16-11-4-2-3-5-11/h7,9-11H,2-6,8H2,1H3,(H,16,20)/t10-/m0/s1. The maximum absolute atomic E-state index is 12.2. The quantitative estimate of drug-likeness (QED) is 0.889. The van der Waals surface area contributed by atoms with Crippen LogP contribution in [-0.4, -0.2) is 34.2 Å². The molecule has 0 bridgehead atoms. The molecule has 20 heavy (non-hydrogen) atoms. The topological polar surface area (TPSA) is 67.2 Å². The lowest BCUT2D eigenvalue weighted by Gasteiger charge is -2.16. The molecule has 3 rings (SSSR count). The predicted molar refractivity (Wildman–Crippen MR) is 74.1 cm³/mol. The normalized spacial score (nSPS) is 23.6. The molecule has 2 amide bonds. The van der Waals surface area contributed by atoms with Crippen molar-refractivity contribution in [2.24, 2.45) is 13.0 Å². The lowest BCUT2D eigenvalue weighted by Crippen LogP contribution is -2.38. The van der Waals surface area contributed by atoms with Gasteiger partial charge in [0.15, 0.2) is 0 Å². The molecule has 2 aliphatic rings. The van der Waals surface area contributed by atoms with Crippen LogP contribution in [0.3, 0.4) is 0 Å². The van der Waals surface area contributed by atoms with Gasteiger partial charge in [-0.3, -0.25) is 14.3 Å². The minimum Gasteiger partial charge on any atom is -0.353 e. The molecule has 1 saturated heterocycles. The smallest absolute Gasteiger partial charge is 0.227 e. The van der Waals surface area contributed by atoms with Gasteiger partial charge in [0.2, 0.25) is 11.8 Å². The van der Waals surface area contributed by atoms with E-state index < -0.39 is 0 Å². The highest BCUT2D eigenvalue weighted by Gasteiger charge is 2.36. The number of carbonyl (C=O) groups is 2. The highest BCUT2D eigenvalue weighted by Crippen LogP contribution is 2.25. The van der Waals surface area contributed by atoms with Crippen LogP contribution in [0.5, 0.6) is 0 Å². The van der Waals surface area contributed by atoms with Gasteiger partial charge in [0.25, 0.3) is 0 Å². The summed E-state index contributed by atoms with van der Waals surface area (Å²) in [5.74, 6) is -0.204. The van der Waals surface area contributed by atoms with Gasteiger partial charge in [0, 0.05) is 32.3 Å². The molecule has 6 heteroatoms. The maximum Gasteiger partial charge on any atom is 0.227 e. The summed E-state index contributed by atoms with van der Waals surface area (Å²) >= 11 is 0. The van der Waals surface area contributed by atoms with Crippen LogP contribution in [-0.2, 0) is 16.6 Å². The van der Waals surface area contributed by atoms with Gasteiger partial charge in [-0.15, -0.1) is 0 Å². The summed E-state index contributed by atoms with van der Waals surface area (Å²) in [6.45, 7) is 0.461. The van der Waals surface area contributed by atoms with Gasteiger partial charge >= 0.3 is 0 Å². The fourth-order valence-electron chi connectivity index (χ4n) is 3.07. The first kappa shape index (κ1) is 13.1. The lowest BCUT2D eigenvalue weighted by atomic mass is 10.1. The molecule has 1 aromatic rings. The Hall–Kier alpha value is -1.85. The second kappa shape index (κ2) is 5.26. The summed E-state index contributed by atoms with van der Waals surface area (Å²) in [7, 11) is 1.81. The Morgan fingerprint density at radius 2 is 2.15 bits per heavy atom. The summed E-state index contributed by atoms with van der Waals surface area (Å²) in [5.41, 5.74) is 0.772. The van der Waals surface area contributed by atoms with Crippen LogP contribution in [0.25, 0.3) is 0 Å². The highest BCUT2D eigenvalue weighted by molar-refractivity contribution is 6.00. The second-order valence-corrected chi connectivity index (χ2v) is 5.77. The monoisotopic (exact) mass is 276 g/mol. The molecule has 0 unspecified atom stereocenters. The van der Waals surface area contributed by atoms with Crippen molar-refractivity contribution in [3.63, 3.8) is 0 Å². The van der Waals surface area contributed by atoms with Gasteiger partial charge in [0.1, 0.15) is 0 Å². The van der Waals surface area contributed by atoms with Crippen molar-refractivity contribution in [3.05, 3.63) is 12.4 Å². The zero-order valence-electron chi connectivity index (χ0n) is 11.7. The van der Waals surface area contributed by atoms with Gasteiger partial charge in [0.05, 0.1) is 17.8 Å². The Kier molecular flexibility index (Phi) is 3.46. The number of carbonyl (C=O) groups excluding carboxylic acids is 2. The van der Waals surface area contributed by atoms with E-state index in [0.717, 1.165) is 18.5 Å². The van der Waals surface area contributed by atoms with Gasteiger partial charge in [-0.2, -0.15) is 5.10 Å². The van der Waals surface area contributed by atoms with Crippen molar-refractivity contribution in [3.8, 4) is 0 Å². The number of rotatable bonds is 3. The zero-order valence-corrected chi connectivity index (χ0v) is 11.7. The number of aromatic nitrogens is 2. The molecule has 2 fully saturated rings. The molecule has 1 saturated carbocycles. The highest BCUT2D eigenvalue weighted by atomic mass is 16.2. The Morgan fingerprint density at radius 3 is 2.80 bits per heavy atom. The molecule has 0 radical (unpaired) electrons. The van der Waals surface area contributed by atoms with Gasteiger partial charge in [-0.25, -0.2) is 0 Å². The molecular formula is C14H20N4O2. The Bertz CT molecular complexity index is 519. The first-order valence-electron chi connectivity index (χ1n) is 7.23. The van der Waals surface area contributed by atoms with E-state index in [9.17, 15) is 9.59 Å². The minimum absolute atomic E-state index is 0.00423. The molecule has 0 spiro atoms. The Morgan fingerprint density at radius 1 is 1.40 bits per heavy atom. The van der Waals surface area contributed by atoms with Crippen molar-refractivity contribution in [2.45, 2.75) is 38.1 Å². The van der Waals surface area contributed by atoms with E-state index in [1.807, 2.05) is 7.05 Å². The van der Waals surface area contributed by atoms with Crippen LogP contribution in [0.15, 0.2) is 12.4 Å². The summed E-state index contributed by atoms with van der Waals surface area (Å²) in [6.07, 6.45) is 8.28. The third-order valence-corrected chi connectivity index (χ3v) is 4.20. The number of amides is 2. The molecule has 1 aromatic heterocycles. The Balaban J connectivity index is 1.62. The summed E-state index contributed by atoms with van der Waals surface area (Å²) < 4.78 is 1.66. The average molecular weight is 276 g/mol. The number of nitrogens with one attached hydrogen (secondary N) is 1. The van der Waals surface area contributed by atoms with E-state index in [4.69, 9.17) is 0 Å². The molecule has 1 aliphatic carbocycles. The summed E-state index contributed by atoms with van der Waals surface area (Å²) in [5, 5.41) is 7.15. The van der Waals surface area contributed by atoms with Crippen molar-refractivity contribution < 1.29 is 9.59 Å². The third kappa shape index (κ3) is 2.55. The van der Waals surface area contributed by atoms with Crippen molar-refractivity contribution >= 4 is 17.5 Å². The predicted octanol–water partition coefficient (Wildman–Crippen LogP) is 0.832. The summed E-state index contributed by atoms with van der Waals surface area (Å²) in [6, 6.07) is 0.310. The molecule has 2 heterocycles. The fraction of sp³-hybridized carbons (Fsp3) is 0.643. The van der Waals surface area contributed by atoms with Crippen LogP contribution >= 0.6 is 0 Å². The van der Waals surface area contributed by atoms with Gasteiger partial charge in [-0.1, -0.05) is 12.8 Å². The van der Waals surface area contributed by atoms with Crippen LogP contribution in [0.1, 0.15) is 32.1 Å². The van der Waals surface area contributed by atoms with Crippen LogP contribution in [0.2, 0.25) is 0 Å². The maximum atomic E-state index is 12.2. The van der Waals surface area contributed by atoms with Crippen molar-refractivity contribution in [1.82, 2.24) is 15.1 Å². The third-order valence-electron chi connectivity index (χ3n) is 4.20. The average Bonchev–Trinajstić information content (AvgIpc) is 3.10. The number of anilines is 1. The zero-order chi connectivity index (χ0) is 14.1. The SMILES string of the molecule is Cn1cc(N2C[C@@H](C(=O)NC3CCCC3)CC2=O)cn1. The Labute approximate surface area is 118 Å². The van der Waals surface area contributed by atoms with Gasteiger partial charge in [-0.05, 0) is 12.8 Å². The van der Waals surface area contributed by atoms with E-state index in [0.29, 0.717) is 19.0 Å². The van der Waals surface area contributed by atoms with E-state index in [2.05, 4.69) is 10.4 Å². The molecule has 1 aliphatic heterocycles. The molecule has 108 valence electrons. The number of aryl methyl sites for hydroxylation is 1. The van der Waals surface area contributed by atoms with E-state index in [1.54, 1.807) is 22.0 Å². The van der Waals surface area contributed by atoms with Crippen molar-refractivity contribution in [1.29, 1.82) is 0 Å². The lowest BCUT2D eigenvalue weighted by molar-refractivity contribution is -0.126. The van der Waals surface area contributed by atoms with Crippen LogP contribution in [0.4, 0.5) is 5.69 Å². The van der Waals surface area contributed by atoms with E-state index in [-0.39, 0.29) is 17.7 Å². The second-order valence-electron chi connectivity index (χ2n) is 5.77.